The Labute approximate surface area is 137 Å². The lowest BCUT2D eigenvalue weighted by molar-refractivity contribution is 0.102. The van der Waals surface area contributed by atoms with Crippen LogP contribution in [0.4, 0.5) is 0 Å². The van der Waals surface area contributed by atoms with Crippen LogP contribution in [0.5, 0.6) is 0 Å². The summed E-state index contributed by atoms with van der Waals surface area (Å²) in [6.45, 7) is 3.93. The number of fused-ring (bicyclic) bond motifs is 1. The van der Waals surface area contributed by atoms with E-state index >= 15 is 0 Å². The minimum atomic E-state index is 0.214. The summed E-state index contributed by atoms with van der Waals surface area (Å²) < 4.78 is 3.71. The van der Waals surface area contributed by atoms with E-state index in [-0.39, 0.29) is 5.78 Å². The van der Waals surface area contributed by atoms with Crippen molar-refractivity contribution < 1.29 is 4.79 Å². The number of Topliss-reactive ketones (excluding diaryl/α,β-unsaturated/α-hetero) is 1. The molecule has 20 heavy (non-hydrogen) atoms. The fourth-order valence-corrected chi connectivity index (χ4v) is 5.70. The average molecular weight is 373 g/mol. The van der Waals surface area contributed by atoms with Crippen LogP contribution in [-0.2, 0) is 6.42 Å². The maximum absolute atomic E-state index is 11.8. The summed E-state index contributed by atoms with van der Waals surface area (Å²) in [7, 11) is 0. The topological polar surface area (TPSA) is 17.1 Å². The van der Waals surface area contributed by atoms with Crippen molar-refractivity contribution in [2.45, 2.75) is 58.8 Å². The Morgan fingerprint density at radius 3 is 2.55 bits per heavy atom. The molecule has 0 bridgehead atoms. The van der Waals surface area contributed by atoms with Gasteiger partial charge in [-0.2, -0.15) is 0 Å². The molecule has 0 aliphatic carbocycles. The molecule has 2 aromatic heterocycles. The molecule has 0 amide bonds. The van der Waals surface area contributed by atoms with Crippen molar-refractivity contribution in [3.8, 4) is 0 Å². The van der Waals surface area contributed by atoms with Gasteiger partial charge in [0.1, 0.15) is 0 Å². The van der Waals surface area contributed by atoms with Crippen LogP contribution in [0, 0.1) is 0 Å². The molecule has 0 aliphatic rings. The van der Waals surface area contributed by atoms with Crippen molar-refractivity contribution in [3.63, 3.8) is 0 Å². The van der Waals surface area contributed by atoms with E-state index in [1.807, 2.05) is 0 Å². The first-order valence-corrected chi connectivity index (χ1v) is 9.83. The lowest BCUT2D eigenvalue weighted by Gasteiger charge is -2.02. The molecule has 2 aromatic rings. The first-order valence-electron chi connectivity index (χ1n) is 7.34. The van der Waals surface area contributed by atoms with Gasteiger partial charge in [0.2, 0.25) is 0 Å². The predicted molar refractivity (Wildman–Crippen MR) is 94.5 cm³/mol. The molecule has 0 radical (unpaired) electrons. The first kappa shape index (κ1) is 16.2. The van der Waals surface area contributed by atoms with Crippen LogP contribution in [0.25, 0.3) is 9.40 Å². The van der Waals surface area contributed by atoms with Gasteiger partial charge >= 0.3 is 0 Å². The highest BCUT2D eigenvalue weighted by molar-refractivity contribution is 9.10. The van der Waals surface area contributed by atoms with Gasteiger partial charge in [0.25, 0.3) is 0 Å². The maximum Gasteiger partial charge on any atom is 0.170 e. The van der Waals surface area contributed by atoms with E-state index in [0.29, 0.717) is 0 Å². The number of hydrogen-bond donors (Lipinski definition) is 0. The summed E-state index contributed by atoms with van der Waals surface area (Å²) >= 11 is 7.00. The first-order chi connectivity index (χ1) is 9.65. The molecule has 0 fully saturated rings. The Hall–Kier alpha value is -0.190. The molecule has 0 aromatic carbocycles. The van der Waals surface area contributed by atoms with Gasteiger partial charge in [-0.05, 0) is 41.3 Å². The fraction of sp³-hybridized carbons (Fsp3) is 0.562. The molecule has 2 heterocycles. The molecule has 0 aliphatic heterocycles. The van der Waals surface area contributed by atoms with Crippen molar-refractivity contribution >= 4 is 53.8 Å². The van der Waals surface area contributed by atoms with Gasteiger partial charge in [-0.25, -0.2) is 0 Å². The van der Waals surface area contributed by atoms with E-state index in [2.05, 4.69) is 28.2 Å². The van der Waals surface area contributed by atoms with Gasteiger partial charge < -0.3 is 0 Å². The molecule has 0 spiro atoms. The highest BCUT2D eigenvalue weighted by Gasteiger charge is 2.18. The number of thiophene rings is 2. The van der Waals surface area contributed by atoms with Crippen LogP contribution in [0.3, 0.4) is 0 Å². The van der Waals surface area contributed by atoms with Gasteiger partial charge in [-0.15, -0.1) is 22.7 Å². The zero-order valence-corrected chi connectivity index (χ0v) is 15.3. The Kier molecular flexibility index (Phi) is 6.24. The molecule has 110 valence electrons. The largest absolute Gasteiger partial charge is 0.294 e. The normalized spacial score (nSPS) is 11.3. The summed E-state index contributed by atoms with van der Waals surface area (Å²) in [4.78, 5) is 12.8. The van der Waals surface area contributed by atoms with E-state index in [9.17, 15) is 4.79 Å². The van der Waals surface area contributed by atoms with E-state index in [4.69, 9.17) is 0 Å². The molecule has 0 saturated carbocycles. The second-order valence-electron chi connectivity index (χ2n) is 5.23. The standard InChI is InChI=1S/C16H21BrOS2/c1-3-4-5-6-7-8-9-12-14(11(2)18)20-16-13(17)10-19-15(12)16/h10H,3-9H2,1-2H3. The van der Waals surface area contributed by atoms with E-state index in [1.54, 1.807) is 29.6 Å². The van der Waals surface area contributed by atoms with E-state index < -0.39 is 0 Å². The van der Waals surface area contributed by atoms with Gasteiger partial charge in [-0.1, -0.05) is 39.0 Å². The summed E-state index contributed by atoms with van der Waals surface area (Å²) in [6.07, 6.45) is 8.84. The van der Waals surface area contributed by atoms with Gasteiger partial charge in [0, 0.05) is 9.85 Å². The number of ketones is 1. The Balaban J connectivity index is 2.04. The third-order valence-corrected chi connectivity index (χ3v) is 7.28. The highest BCUT2D eigenvalue weighted by Crippen LogP contribution is 2.41. The molecular formula is C16H21BrOS2. The lowest BCUT2D eigenvalue weighted by Crippen LogP contribution is -1.94. The summed E-state index contributed by atoms with van der Waals surface area (Å²) in [6, 6.07) is 0. The molecular weight excluding hydrogens is 352 g/mol. The molecule has 4 heteroatoms. The van der Waals surface area contributed by atoms with Crippen molar-refractivity contribution in [1.82, 2.24) is 0 Å². The summed E-state index contributed by atoms with van der Waals surface area (Å²) in [5.41, 5.74) is 1.30. The van der Waals surface area contributed by atoms with Crippen molar-refractivity contribution in [3.05, 3.63) is 20.3 Å². The summed E-state index contributed by atoms with van der Waals surface area (Å²) in [5.74, 6) is 0.214. The van der Waals surface area contributed by atoms with Crippen molar-refractivity contribution in [2.75, 3.05) is 0 Å². The lowest BCUT2D eigenvalue weighted by atomic mass is 10.0. The quantitative estimate of drug-likeness (QED) is 0.366. The van der Waals surface area contributed by atoms with Crippen LogP contribution in [0.2, 0.25) is 0 Å². The predicted octanol–water partition coefficient (Wildman–Crippen LogP) is 6.83. The molecule has 2 rings (SSSR count). The maximum atomic E-state index is 11.8. The third kappa shape index (κ3) is 3.71. The number of hydrogen-bond acceptors (Lipinski definition) is 3. The van der Waals surface area contributed by atoms with Crippen LogP contribution >= 0.6 is 38.6 Å². The highest BCUT2D eigenvalue weighted by atomic mass is 79.9. The average Bonchev–Trinajstić information content (AvgIpc) is 2.95. The second kappa shape index (κ2) is 7.71. The fourth-order valence-electron chi connectivity index (χ4n) is 2.49. The van der Waals surface area contributed by atoms with Crippen molar-refractivity contribution in [1.29, 1.82) is 0 Å². The third-order valence-electron chi connectivity index (χ3n) is 3.56. The molecule has 0 N–H and O–H groups in total. The van der Waals surface area contributed by atoms with Crippen molar-refractivity contribution in [2.24, 2.45) is 0 Å². The second-order valence-corrected chi connectivity index (χ2v) is 7.98. The molecule has 0 saturated heterocycles. The molecule has 1 nitrogen and oxygen atoms in total. The van der Waals surface area contributed by atoms with E-state index in [1.165, 1.54) is 53.5 Å². The smallest absolute Gasteiger partial charge is 0.170 e. The zero-order chi connectivity index (χ0) is 14.5. The molecule has 0 atom stereocenters. The summed E-state index contributed by atoms with van der Waals surface area (Å²) in [5, 5.41) is 2.13. The Bertz CT molecular complexity index is 583. The van der Waals surface area contributed by atoms with Gasteiger partial charge in [0.05, 0.1) is 14.3 Å². The Morgan fingerprint density at radius 1 is 1.15 bits per heavy atom. The van der Waals surface area contributed by atoms with Gasteiger partial charge in [-0.3, -0.25) is 4.79 Å². The number of carbonyl (C=O) groups is 1. The van der Waals surface area contributed by atoms with Crippen LogP contribution in [0.15, 0.2) is 9.85 Å². The minimum Gasteiger partial charge on any atom is -0.294 e. The zero-order valence-electron chi connectivity index (χ0n) is 12.1. The number of unbranched alkanes of at least 4 members (excludes halogenated alkanes) is 5. The number of carbonyl (C=O) groups excluding carboxylic acids is 1. The monoisotopic (exact) mass is 372 g/mol. The Morgan fingerprint density at radius 2 is 1.85 bits per heavy atom. The SMILES string of the molecule is CCCCCCCCc1c(C(C)=O)sc2c(Br)csc12. The molecule has 0 unspecified atom stereocenters. The van der Waals surface area contributed by atoms with E-state index in [0.717, 1.165) is 15.8 Å². The number of halogens is 1. The van der Waals surface area contributed by atoms with Crippen LogP contribution in [-0.4, -0.2) is 5.78 Å². The number of aryl methyl sites for hydroxylation is 1. The van der Waals surface area contributed by atoms with Crippen LogP contribution < -0.4 is 0 Å². The number of rotatable bonds is 8. The minimum absolute atomic E-state index is 0.214. The van der Waals surface area contributed by atoms with Crippen LogP contribution in [0.1, 0.15) is 67.6 Å². The van der Waals surface area contributed by atoms with Gasteiger partial charge in [0.15, 0.2) is 5.78 Å².